The highest BCUT2D eigenvalue weighted by Crippen LogP contribution is 2.25. The molecule has 1 saturated heterocycles. The lowest BCUT2D eigenvalue weighted by atomic mass is 10.1. The van der Waals surface area contributed by atoms with Crippen molar-refractivity contribution in [2.75, 3.05) is 18.9 Å². The zero-order valence-corrected chi connectivity index (χ0v) is 19.1. The highest BCUT2D eigenvalue weighted by Gasteiger charge is 2.26. The molecular weight excluding hydrogens is 452 g/mol. The molecule has 1 unspecified atom stereocenters. The van der Waals surface area contributed by atoms with Crippen molar-refractivity contribution in [1.29, 1.82) is 0 Å². The minimum absolute atomic E-state index is 0.0810. The van der Waals surface area contributed by atoms with Crippen LogP contribution in [0.2, 0.25) is 0 Å². The molecule has 1 atom stereocenters. The zero-order chi connectivity index (χ0) is 24.9. The molecule has 0 aliphatic carbocycles. The van der Waals surface area contributed by atoms with E-state index < -0.39 is 12.0 Å². The number of aryl methyl sites for hydroxylation is 1. The molecule has 1 fully saturated rings. The average Bonchev–Trinajstić information content (AvgIpc) is 3.60. The van der Waals surface area contributed by atoms with Crippen molar-refractivity contribution in [2.24, 2.45) is 12.8 Å². The van der Waals surface area contributed by atoms with Crippen LogP contribution < -0.4 is 11.1 Å². The van der Waals surface area contributed by atoms with E-state index in [1.807, 2.05) is 24.3 Å². The van der Waals surface area contributed by atoms with Gasteiger partial charge in [0.2, 0.25) is 0 Å². The number of aliphatic hydroxyl groups is 1. The zero-order valence-electron chi connectivity index (χ0n) is 19.1. The number of carbonyl (C=O) groups is 2. The Morgan fingerprint density at radius 3 is 2.60 bits per heavy atom. The molecule has 2 amide bonds. The van der Waals surface area contributed by atoms with Crippen LogP contribution >= 0.6 is 0 Å². The van der Waals surface area contributed by atoms with Crippen LogP contribution in [0.5, 0.6) is 0 Å². The monoisotopic (exact) mass is 476 g/mol. The lowest BCUT2D eigenvalue weighted by Gasteiger charge is -2.09. The average molecular weight is 476 g/mol. The Morgan fingerprint density at radius 2 is 2.03 bits per heavy atom. The number of hydrogen-bond donors (Lipinski definition) is 3. The highest BCUT2D eigenvalue weighted by atomic mass is 16.5. The van der Waals surface area contributed by atoms with E-state index in [0.717, 1.165) is 11.1 Å². The molecule has 35 heavy (non-hydrogen) atoms. The second kappa shape index (κ2) is 10.1. The number of hydrogen-bond acceptors (Lipinski definition) is 9. The first-order valence-electron chi connectivity index (χ1n) is 10.7. The van der Waals surface area contributed by atoms with Crippen LogP contribution in [-0.4, -0.2) is 66.4 Å². The van der Waals surface area contributed by atoms with Crippen molar-refractivity contribution in [3.05, 3.63) is 60.7 Å². The van der Waals surface area contributed by atoms with Crippen LogP contribution in [0.4, 0.5) is 11.5 Å². The number of anilines is 2. The Hall–Kier alpha value is -4.58. The van der Waals surface area contributed by atoms with Crippen molar-refractivity contribution in [2.45, 2.75) is 12.5 Å². The van der Waals surface area contributed by atoms with Gasteiger partial charge in [-0.05, 0) is 12.5 Å². The Kier molecular flexibility index (Phi) is 6.83. The molecule has 4 heterocycles. The number of benzene rings is 1. The molecule has 1 aliphatic heterocycles. The number of rotatable bonds is 5. The maximum atomic E-state index is 11.9. The third kappa shape index (κ3) is 5.50. The second-order valence-corrected chi connectivity index (χ2v) is 7.85. The number of nitrogens with two attached hydrogens (primary N) is 1. The molecule has 0 bridgehead atoms. The number of likely N-dealkylation sites (tertiary alicyclic amines) is 1. The Labute approximate surface area is 200 Å². The normalized spacial score (nSPS) is 15.0. The molecule has 4 N–H and O–H groups in total. The third-order valence-corrected chi connectivity index (χ3v) is 5.25. The van der Waals surface area contributed by atoms with Gasteiger partial charge in [0, 0.05) is 50.1 Å². The predicted molar refractivity (Wildman–Crippen MR) is 126 cm³/mol. The number of likely N-dealkylation sites (N-methyl/N-ethyl adjacent to an activating group) is 1. The van der Waals surface area contributed by atoms with E-state index in [-0.39, 0.29) is 11.6 Å². The highest BCUT2D eigenvalue weighted by molar-refractivity contribution is 5.97. The third-order valence-electron chi connectivity index (χ3n) is 5.25. The van der Waals surface area contributed by atoms with E-state index >= 15 is 0 Å². The fourth-order valence-corrected chi connectivity index (χ4v) is 3.40. The Morgan fingerprint density at radius 1 is 1.23 bits per heavy atom. The topological polar surface area (TPSA) is 165 Å². The number of nitrogens with zero attached hydrogens (tertiary/aromatic N) is 6. The van der Waals surface area contributed by atoms with Gasteiger partial charge < -0.3 is 25.6 Å². The summed E-state index contributed by atoms with van der Waals surface area (Å²) in [5.74, 6) is 0.125. The maximum absolute atomic E-state index is 11.9. The van der Waals surface area contributed by atoms with Gasteiger partial charge in [0.1, 0.15) is 18.1 Å². The van der Waals surface area contributed by atoms with Gasteiger partial charge in [0.05, 0.1) is 11.9 Å². The lowest BCUT2D eigenvalue weighted by molar-refractivity contribution is -0.133. The van der Waals surface area contributed by atoms with Crippen LogP contribution in [0.15, 0.2) is 59.6 Å². The molecular formula is C23H24N8O4. The fraction of sp³-hybridized carbons (Fsp3) is 0.217. The first kappa shape index (κ1) is 23.6. The van der Waals surface area contributed by atoms with Gasteiger partial charge in [0.15, 0.2) is 17.3 Å². The van der Waals surface area contributed by atoms with E-state index in [1.54, 1.807) is 37.1 Å². The Bertz CT molecular complexity index is 1320. The quantitative estimate of drug-likeness (QED) is 0.388. The molecule has 0 radical (unpaired) electrons. The summed E-state index contributed by atoms with van der Waals surface area (Å²) in [6.45, 7) is 0.694. The van der Waals surface area contributed by atoms with Crippen LogP contribution in [0.3, 0.4) is 0 Å². The summed E-state index contributed by atoms with van der Waals surface area (Å²) in [6.07, 6.45) is 4.66. The molecule has 0 spiro atoms. The minimum Gasteiger partial charge on any atom is -0.383 e. The van der Waals surface area contributed by atoms with Crippen LogP contribution in [-0.2, 0) is 11.8 Å². The molecule has 0 saturated carbocycles. The molecule has 3 aromatic heterocycles. The van der Waals surface area contributed by atoms with Gasteiger partial charge in [-0.25, -0.2) is 9.97 Å². The minimum atomic E-state index is -0.722. The van der Waals surface area contributed by atoms with E-state index in [1.165, 1.54) is 17.4 Å². The predicted octanol–water partition coefficient (Wildman–Crippen LogP) is 1.58. The lowest BCUT2D eigenvalue weighted by Crippen LogP contribution is -2.24. The van der Waals surface area contributed by atoms with Gasteiger partial charge >= 0.3 is 0 Å². The van der Waals surface area contributed by atoms with Crippen LogP contribution in [0, 0.1) is 0 Å². The van der Waals surface area contributed by atoms with Gasteiger partial charge in [-0.3, -0.25) is 14.3 Å². The van der Waals surface area contributed by atoms with Crippen molar-refractivity contribution < 1.29 is 19.2 Å². The fourth-order valence-electron chi connectivity index (χ4n) is 3.40. The molecule has 180 valence electrons. The summed E-state index contributed by atoms with van der Waals surface area (Å²) in [7, 11) is 3.49. The van der Waals surface area contributed by atoms with Gasteiger partial charge in [0.25, 0.3) is 11.8 Å². The first-order valence-corrected chi connectivity index (χ1v) is 10.7. The summed E-state index contributed by atoms with van der Waals surface area (Å²) in [6, 6.07) is 11.0. The van der Waals surface area contributed by atoms with E-state index in [0.29, 0.717) is 36.0 Å². The van der Waals surface area contributed by atoms with Crippen molar-refractivity contribution in [1.82, 2.24) is 29.8 Å². The number of primary amides is 1. The number of aliphatic hydroxyl groups excluding tert-OH is 1. The van der Waals surface area contributed by atoms with Crippen LogP contribution in [0.25, 0.3) is 22.6 Å². The van der Waals surface area contributed by atoms with Crippen LogP contribution in [0.1, 0.15) is 16.9 Å². The molecule has 1 aliphatic rings. The van der Waals surface area contributed by atoms with Gasteiger partial charge in [-0.1, -0.05) is 23.4 Å². The molecule has 1 aromatic carbocycles. The standard InChI is InChI=1S/C18H15N7O2.C5H9NO2/c1-25-7-5-15(23-25)21-14-10-20-18(22-16(14)17(19)26)12-4-2-3-11(9-12)13-6-8-27-24-13;1-6-3-2-4(7)5(6)8/h2-10H,1H3,(H2,19,26)(H,21,23);4,7H,2-3H2,1H3. The molecule has 5 rings (SSSR count). The van der Waals surface area contributed by atoms with Gasteiger partial charge in [-0.15, -0.1) is 0 Å². The van der Waals surface area contributed by atoms with Crippen molar-refractivity contribution in [3.8, 4) is 22.6 Å². The van der Waals surface area contributed by atoms with Gasteiger partial charge in [-0.2, -0.15) is 5.10 Å². The first-order chi connectivity index (χ1) is 16.8. The number of carbonyl (C=O) groups excluding carboxylic acids is 2. The maximum Gasteiger partial charge on any atom is 0.269 e. The summed E-state index contributed by atoms with van der Waals surface area (Å²) in [5.41, 5.74) is 8.25. The molecule has 12 nitrogen and oxygen atoms in total. The summed E-state index contributed by atoms with van der Waals surface area (Å²) in [5, 5.41) is 19.9. The smallest absolute Gasteiger partial charge is 0.269 e. The molecule has 12 heteroatoms. The number of amides is 2. The van der Waals surface area contributed by atoms with Crippen molar-refractivity contribution >= 4 is 23.3 Å². The second-order valence-electron chi connectivity index (χ2n) is 7.85. The van der Waals surface area contributed by atoms with E-state index in [9.17, 15) is 9.59 Å². The largest absolute Gasteiger partial charge is 0.383 e. The molecule has 4 aromatic rings. The van der Waals surface area contributed by atoms with E-state index in [2.05, 4.69) is 25.5 Å². The SMILES string of the molecule is CN1CCC(O)C1=O.Cn1ccc(Nc2cnc(-c3cccc(-c4ccon4)c3)nc2C(N)=O)n1. The summed E-state index contributed by atoms with van der Waals surface area (Å²) >= 11 is 0. The number of aromatic nitrogens is 5. The van der Waals surface area contributed by atoms with E-state index in [4.69, 9.17) is 15.4 Å². The summed E-state index contributed by atoms with van der Waals surface area (Å²) < 4.78 is 6.52. The summed E-state index contributed by atoms with van der Waals surface area (Å²) in [4.78, 5) is 32.7. The van der Waals surface area contributed by atoms with Crippen molar-refractivity contribution in [3.63, 3.8) is 0 Å². The number of nitrogens with one attached hydrogen (secondary N) is 1. The Balaban J connectivity index is 0.000000308.